The summed E-state index contributed by atoms with van der Waals surface area (Å²) < 4.78 is 2.12. The van der Waals surface area contributed by atoms with Crippen LogP contribution < -0.4 is 0 Å². The summed E-state index contributed by atoms with van der Waals surface area (Å²) in [7, 11) is 0. The van der Waals surface area contributed by atoms with E-state index in [0.717, 1.165) is 48.5 Å². The average Bonchev–Trinajstić information content (AvgIpc) is 3.10. The second-order valence-corrected chi connectivity index (χ2v) is 5.60. The molecule has 1 aliphatic heterocycles. The number of fused-ring (bicyclic) bond motifs is 2. The first-order valence-corrected chi connectivity index (χ1v) is 7.47. The van der Waals surface area contributed by atoms with Gasteiger partial charge in [-0.1, -0.05) is 6.92 Å². The molecule has 21 heavy (non-hydrogen) atoms. The molecule has 0 spiro atoms. The van der Waals surface area contributed by atoms with Gasteiger partial charge in [-0.15, -0.1) is 0 Å². The number of H-pyrrole nitrogens is 1. The van der Waals surface area contributed by atoms with Crippen LogP contribution in [0.2, 0.25) is 0 Å². The summed E-state index contributed by atoms with van der Waals surface area (Å²) in [6.07, 6.45) is 8.07. The second-order valence-electron chi connectivity index (χ2n) is 5.60. The summed E-state index contributed by atoms with van der Waals surface area (Å²) in [5.41, 5.74) is 4.30. The minimum atomic E-state index is -0.442. The van der Waals surface area contributed by atoms with Crippen molar-refractivity contribution in [2.24, 2.45) is 0 Å². The highest BCUT2D eigenvalue weighted by Gasteiger charge is 2.22. The van der Waals surface area contributed by atoms with Crippen molar-refractivity contribution in [1.29, 1.82) is 0 Å². The molecule has 0 amide bonds. The van der Waals surface area contributed by atoms with Crippen molar-refractivity contribution in [3.8, 4) is 11.3 Å². The van der Waals surface area contributed by atoms with Crippen molar-refractivity contribution in [3.63, 3.8) is 0 Å². The molecule has 108 valence electrons. The van der Waals surface area contributed by atoms with Gasteiger partial charge >= 0.3 is 0 Å². The number of nitrogens with zero attached hydrogens (tertiary/aromatic N) is 3. The van der Waals surface area contributed by atoms with Crippen molar-refractivity contribution in [2.75, 3.05) is 0 Å². The molecule has 4 rings (SSSR count). The number of imidazole rings is 1. The molecule has 0 aliphatic carbocycles. The Bertz CT molecular complexity index is 802. The summed E-state index contributed by atoms with van der Waals surface area (Å²) in [5, 5.41) is 11.2. The van der Waals surface area contributed by atoms with E-state index in [1.807, 2.05) is 18.6 Å². The standard InChI is InChI=1S/C16H18N4O/c1-2-10-7-17-15-12(10)6-11(8-18-15)13-9-19-16-14(21)4-3-5-20(13)16/h6-9,14,21H,2-5H2,1H3,(H,17,18). The molecular weight excluding hydrogens is 264 g/mol. The van der Waals surface area contributed by atoms with Gasteiger partial charge in [0, 0.05) is 29.9 Å². The molecule has 0 bridgehead atoms. The molecule has 4 heterocycles. The summed E-state index contributed by atoms with van der Waals surface area (Å²) in [4.78, 5) is 12.1. The molecule has 5 heteroatoms. The third-order valence-corrected chi connectivity index (χ3v) is 4.34. The highest BCUT2D eigenvalue weighted by Crippen LogP contribution is 2.31. The van der Waals surface area contributed by atoms with E-state index < -0.39 is 6.10 Å². The maximum Gasteiger partial charge on any atom is 0.138 e. The third kappa shape index (κ3) is 1.88. The molecular formula is C16H18N4O. The molecule has 2 N–H and O–H groups in total. The van der Waals surface area contributed by atoms with Crippen molar-refractivity contribution in [3.05, 3.63) is 36.0 Å². The lowest BCUT2D eigenvalue weighted by atomic mass is 10.1. The Labute approximate surface area is 122 Å². The van der Waals surface area contributed by atoms with Crippen molar-refractivity contribution in [1.82, 2.24) is 19.5 Å². The second kappa shape index (κ2) is 4.70. The molecule has 3 aromatic heterocycles. The smallest absolute Gasteiger partial charge is 0.138 e. The highest BCUT2D eigenvalue weighted by molar-refractivity contribution is 5.84. The van der Waals surface area contributed by atoms with E-state index in [1.54, 1.807) is 0 Å². The first-order chi connectivity index (χ1) is 10.3. The Hall–Kier alpha value is -2.14. The lowest BCUT2D eigenvalue weighted by molar-refractivity contribution is 0.134. The summed E-state index contributed by atoms with van der Waals surface area (Å²) in [5.74, 6) is 0.779. The maximum atomic E-state index is 10.0. The molecule has 1 aliphatic rings. The van der Waals surface area contributed by atoms with E-state index >= 15 is 0 Å². The molecule has 0 saturated heterocycles. The van der Waals surface area contributed by atoms with Gasteiger partial charge in [-0.2, -0.15) is 0 Å². The van der Waals surface area contributed by atoms with Gasteiger partial charge in [-0.3, -0.25) is 0 Å². The highest BCUT2D eigenvalue weighted by atomic mass is 16.3. The van der Waals surface area contributed by atoms with Gasteiger partial charge in [0.1, 0.15) is 17.6 Å². The number of rotatable bonds is 2. The number of hydrogen-bond acceptors (Lipinski definition) is 3. The van der Waals surface area contributed by atoms with Gasteiger partial charge in [0.05, 0.1) is 11.9 Å². The largest absolute Gasteiger partial charge is 0.385 e. The zero-order chi connectivity index (χ0) is 14.4. The van der Waals surface area contributed by atoms with E-state index in [1.165, 1.54) is 10.9 Å². The Kier molecular flexibility index (Phi) is 2.82. The number of aromatic amines is 1. The SMILES string of the molecule is CCc1c[nH]c2ncc(-c3cnc4n3CCCC4O)cc12. The Morgan fingerprint density at radius 3 is 3.14 bits per heavy atom. The number of aromatic nitrogens is 4. The number of aliphatic hydroxyl groups is 1. The number of nitrogens with one attached hydrogen (secondary N) is 1. The summed E-state index contributed by atoms with van der Waals surface area (Å²) >= 11 is 0. The Balaban J connectivity index is 1.87. The van der Waals surface area contributed by atoms with Crippen LogP contribution in [0.25, 0.3) is 22.3 Å². The zero-order valence-corrected chi connectivity index (χ0v) is 12.0. The first kappa shape index (κ1) is 12.6. The van der Waals surface area contributed by atoms with Gasteiger partial charge < -0.3 is 14.7 Å². The fourth-order valence-corrected chi connectivity index (χ4v) is 3.18. The molecule has 0 saturated carbocycles. The number of pyridine rings is 1. The van der Waals surface area contributed by atoms with Gasteiger partial charge in [0.15, 0.2) is 0 Å². The molecule has 0 aromatic carbocycles. The average molecular weight is 282 g/mol. The summed E-state index contributed by atoms with van der Waals surface area (Å²) in [6, 6.07) is 2.17. The van der Waals surface area contributed by atoms with E-state index in [0.29, 0.717) is 0 Å². The van der Waals surface area contributed by atoms with Crippen LogP contribution in [0.4, 0.5) is 0 Å². The normalized spacial score (nSPS) is 18.1. The fourth-order valence-electron chi connectivity index (χ4n) is 3.18. The van der Waals surface area contributed by atoms with Crippen LogP contribution in [-0.4, -0.2) is 24.6 Å². The third-order valence-electron chi connectivity index (χ3n) is 4.34. The minimum Gasteiger partial charge on any atom is -0.385 e. The van der Waals surface area contributed by atoms with Gasteiger partial charge in [0.25, 0.3) is 0 Å². The predicted molar refractivity (Wildman–Crippen MR) is 80.9 cm³/mol. The molecule has 0 fully saturated rings. The van der Waals surface area contributed by atoms with Gasteiger partial charge in [0.2, 0.25) is 0 Å². The van der Waals surface area contributed by atoms with Crippen molar-refractivity contribution < 1.29 is 5.11 Å². The predicted octanol–water partition coefficient (Wildman–Crippen LogP) is 2.82. The summed E-state index contributed by atoms with van der Waals surface area (Å²) in [6.45, 7) is 3.06. The zero-order valence-electron chi connectivity index (χ0n) is 12.0. The molecule has 0 radical (unpaired) electrons. The molecule has 1 atom stereocenters. The van der Waals surface area contributed by atoms with Crippen LogP contribution in [0.5, 0.6) is 0 Å². The lowest BCUT2D eigenvalue weighted by Gasteiger charge is -2.20. The Morgan fingerprint density at radius 1 is 1.38 bits per heavy atom. The minimum absolute atomic E-state index is 0.442. The number of aliphatic hydroxyl groups excluding tert-OH is 1. The van der Waals surface area contributed by atoms with Crippen LogP contribution in [-0.2, 0) is 13.0 Å². The van der Waals surface area contributed by atoms with E-state index in [-0.39, 0.29) is 0 Å². The first-order valence-electron chi connectivity index (χ1n) is 7.47. The van der Waals surface area contributed by atoms with Crippen LogP contribution in [0.15, 0.2) is 24.7 Å². The van der Waals surface area contributed by atoms with Gasteiger partial charge in [-0.05, 0) is 30.9 Å². The number of hydrogen-bond donors (Lipinski definition) is 2. The monoisotopic (exact) mass is 282 g/mol. The van der Waals surface area contributed by atoms with E-state index in [2.05, 4.69) is 32.5 Å². The van der Waals surface area contributed by atoms with Crippen LogP contribution >= 0.6 is 0 Å². The van der Waals surface area contributed by atoms with Crippen molar-refractivity contribution >= 4 is 11.0 Å². The topological polar surface area (TPSA) is 66.7 Å². The Morgan fingerprint density at radius 2 is 2.29 bits per heavy atom. The molecule has 3 aromatic rings. The van der Waals surface area contributed by atoms with Crippen molar-refractivity contribution in [2.45, 2.75) is 38.8 Å². The van der Waals surface area contributed by atoms with Crippen LogP contribution in [0, 0.1) is 0 Å². The van der Waals surface area contributed by atoms with E-state index in [9.17, 15) is 5.11 Å². The molecule has 1 unspecified atom stereocenters. The molecule has 5 nitrogen and oxygen atoms in total. The van der Waals surface area contributed by atoms with Crippen LogP contribution in [0.1, 0.15) is 37.3 Å². The van der Waals surface area contributed by atoms with E-state index in [4.69, 9.17) is 0 Å². The van der Waals surface area contributed by atoms with Gasteiger partial charge in [-0.25, -0.2) is 9.97 Å². The quantitative estimate of drug-likeness (QED) is 0.759. The van der Waals surface area contributed by atoms with Crippen LogP contribution in [0.3, 0.4) is 0 Å². The number of aryl methyl sites for hydroxylation is 1. The lowest BCUT2D eigenvalue weighted by Crippen LogP contribution is -2.16. The fraction of sp³-hybridized carbons (Fsp3) is 0.375. The maximum absolute atomic E-state index is 10.0.